The van der Waals surface area contributed by atoms with E-state index in [9.17, 15) is 0 Å². The summed E-state index contributed by atoms with van der Waals surface area (Å²) in [7, 11) is 5.04. The van der Waals surface area contributed by atoms with Gasteiger partial charge in [0.25, 0.3) is 0 Å². The van der Waals surface area contributed by atoms with Gasteiger partial charge in [-0.1, -0.05) is 0 Å². The molecule has 1 aromatic rings. The van der Waals surface area contributed by atoms with E-state index in [1.165, 1.54) is 0 Å². The van der Waals surface area contributed by atoms with Gasteiger partial charge in [-0.15, -0.1) is 0 Å². The largest absolute Gasteiger partial charge is 0.493 e. The molecule has 0 unspecified atom stereocenters. The summed E-state index contributed by atoms with van der Waals surface area (Å²) in [4.78, 5) is 2.33. The van der Waals surface area contributed by atoms with Crippen molar-refractivity contribution in [1.29, 1.82) is 5.26 Å². The number of methoxy groups -OCH3 is 3. The first-order valence-electron chi connectivity index (χ1n) is 7.68. The maximum absolute atomic E-state index is 8.92. The topological polar surface area (TPSA) is 64.0 Å². The molecule has 0 spiro atoms. The first kappa shape index (κ1) is 17.5. The zero-order valence-corrected chi connectivity index (χ0v) is 13.9. The summed E-state index contributed by atoms with van der Waals surface area (Å²) in [6.45, 7) is 2.91. The van der Waals surface area contributed by atoms with Crippen molar-refractivity contribution in [2.75, 3.05) is 47.6 Å². The summed E-state index contributed by atoms with van der Waals surface area (Å²) in [5.74, 6) is 1.23. The fourth-order valence-electron chi connectivity index (χ4n) is 2.88. The molecule has 0 aliphatic carbocycles. The van der Waals surface area contributed by atoms with Crippen LogP contribution in [0.15, 0.2) is 18.2 Å². The summed E-state index contributed by atoms with van der Waals surface area (Å²) in [6.07, 6.45) is 1.23. The van der Waals surface area contributed by atoms with E-state index in [0.29, 0.717) is 36.3 Å². The lowest BCUT2D eigenvalue weighted by Crippen LogP contribution is -2.36. The summed E-state index contributed by atoms with van der Waals surface area (Å²) >= 11 is 0. The number of hydrogen-bond acceptors (Lipinski definition) is 6. The van der Waals surface area contributed by atoms with Gasteiger partial charge in [0.2, 0.25) is 0 Å². The number of ether oxygens (including phenoxy) is 4. The lowest BCUT2D eigenvalue weighted by atomic mass is 10.2. The van der Waals surface area contributed by atoms with Crippen LogP contribution in [0.4, 0.5) is 0 Å². The van der Waals surface area contributed by atoms with Gasteiger partial charge in [-0.3, -0.25) is 4.90 Å². The Balaban J connectivity index is 1.90. The van der Waals surface area contributed by atoms with Crippen LogP contribution in [0.5, 0.6) is 11.5 Å². The average molecular weight is 320 g/mol. The normalized spacial score (nSPS) is 21.1. The predicted molar refractivity (Wildman–Crippen MR) is 85.9 cm³/mol. The van der Waals surface area contributed by atoms with E-state index in [2.05, 4.69) is 11.0 Å². The Morgan fingerprint density at radius 1 is 1.26 bits per heavy atom. The first-order chi connectivity index (χ1) is 11.2. The zero-order chi connectivity index (χ0) is 16.7. The number of benzene rings is 1. The number of hydrogen-bond donors (Lipinski definition) is 0. The molecule has 0 bridgehead atoms. The van der Waals surface area contributed by atoms with Crippen LogP contribution in [0.25, 0.3) is 0 Å². The Hall–Kier alpha value is -1.81. The van der Waals surface area contributed by atoms with Gasteiger partial charge in [0, 0.05) is 39.4 Å². The van der Waals surface area contributed by atoms with Gasteiger partial charge in [0.15, 0.2) is 11.5 Å². The number of nitrogens with zero attached hydrogens (tertiary/aromatic N) is 2. The zero-order valence-electron chi connectivity index (χ0n) is 13.9. The summed E-state index contributed by atoms with van der Waals surface area (Å²) in [6, 6.07) is 7.62. The summed E-state index contributed by atoms with van der Waals surface area (Å²) in [5, 5.41) is 8.92. The van der Waals surface area contributed by atoms with Gasteiger partial charge in [-0.05, 0) is 18.6 Å². The molecule has 1 aliphatic rings. The van der Waals surface area contributed by atoms with Crippen molar-refractivity contribution in [2.45, 2.75) is 18.6 Å². The van der Waals surface area contributed by atoms with E-state index < -0.39 is 0 Å². The van der Waals surface area contributed by atoms with Crippen LogP contribution in [0.2, 0.25) is 0 Å². The van der Waals surface area contributed by atoms with E-state index >= 15 is 0 Å². The Kier molecular flexibility index (Phi) is 6.66. The van der Waals surface area contributed by atoms with E-state index in [1.807, 2.05) is 0 Å². The summed E-state index contributed by atoms with van der Waals surface area (Å²) < 4.78 is 21.8. The number of likely N-dealkylation sites (tertiary alicyclic amines) is 1. The monoisotopic (exact) mass is 320 g/mol. The minimum Gasteiger partial charge on any atom is -0.493 e. The Morgan fingerprint density at radius 3 is 2.74 bits per heavy atom. The highest BCUT2D eigenvalue weighted by Crippen LogP contribution is 2.28. The third-order valence-corrected chi connectivity index (χ3v) is 4.11. The van der Waals surface area contributed by atoms with E-state index in [-0.39, 0.29) is 6.10 Å². The standard InChI is InChI=1S/C17H24N2O4/c1-20-12-14-9-15(21-2)11-19(14)6-7-23-16-5-4-13(10-18)8-17(16)22-3/h4-5,8,14-15H,6-7,9,11-12H2,1-3H3/t14-,15+/m0/s1. The lowest BCUT2D eigenvalue weighted by molar-refractivity contribution is 0.100. The van der Waals surface area contributed by atoms with Crippen LogP contribution in [0, 0.1) is 11.3 Å². The minimum absolute atomic E-state index is 0.250. The summed E-state index contributed by atoms with van der Waals surface area (Å²) in [5.41, 5.74) is 0.553. The Morgan fingerprint density at radius 2 is 2.09 bits per heavy atom. The first-order valence-corrected chi connectivity index (χ1v) is 7.68. The lowest BCUT2D eigenvalue weighted by Gasteiger charge is -2.23. The van der Waals surface area contributed by atoms with Crippen molar-refractivity contribution in [3.05, 3.63) is 23.8 Å². The van der Waals surface area contributed by atoms with E-state index in [0.717, 1.165) is 19.5 Å². The second-order valence-electron chi connectivity index (χ2n) is 5.52. The molecule has 1 aromatic carbocycles. The Labute approximate surface area is 137 Å². The van der Waals surface area contributed by atoms with E-state index in [4.69, 9.17) is 24.2 Å². The fraction of sp³-hybridized carbons (Fsp3) is 0.588. The maximum atomic E-state index is 8.92. The molecule has 23 heavy (non-hydrogen) atoms. The molecule has 6 heteroatoms. The molecule has 0 amide bonds. The van der Waals surface area contributed by atoms with Crippen LogP contribution in [0.3, 0.4) is 0 Å². The van der Waals surface area contributed by atoms with Gasteiger partial charge in [-0.25, -0.2) is 0 Å². The second kappa shape index (κ2) is 8.73. The van der Waals surface area contributed by atoms with Crippen LogP contribution < -0.4 is 9.47 Å². The molecule has 2 rings (SSSR count). The van der Waals surface area contributed by atoms with Crippen molar-refractivity contribution >= 4 is 0 Å². The SMILES string of the molecule is COC[C@@H]1C[C@@H](OC)CN1CCOc1ccc(C#N)cc1OC. The Bertz CT molecular complexity index is 544. The molecule has 0 N–H and O–H groups in total. The highest BCUT2D eigenvalue weighted by molar-refractivity contribution is 5.46. The van der Waals surface area contributed by atoms with Crippen molar-refractivity contribution in [3.8, 4) is 17.6 Å². The van der Waals surface area contributed by atoms with Crippen LogP contribution in [-0.2, 0) is 9.47 Å². The third kappa shape index (κ3) is 4.58. The fourth-order valence-corrected chi connectivity index (χ4v) is 2.88. The van der Waals surface area contributed by atoms with Crippen molar-refractivity contribution in [1.82, 2.24) is 4.90 Å². The van der Waals surface area contributed by atoms with Crippen LogP contribution >= 0.6 is 0 Å². The number of nitriles is 1. The van der Waals surface area contributed by atoms with Gasteiger partial charge in [0.05, 0.1) is 31.5 Å². The van der Waals surface area contributed by atoms with Crippen LogP contribution in [-0.4, -0.2) is 64.7 Å². The minimum atomic E-state index is 0.250. The predicted octanol–water partition coefficient (Wildman–Crippen LogP) is 1.68. The van der Waals surface area contributed by atoms with Gasteiger partial charge >= 0.3 is 0 Å². The highest BCUT2D eigenvalue weighted by atomic mass is 16.5. The molecule has 6 nitrogen and oxygen atoms in total. The average Bonchev–Trinajstić information content (AvgIpc) is 2.97. The third-order valence-electron chi connectivity index (χ3n) is 4.11. The molecule has 1 saturated heterocycles. The second-order valence-corrected chi connectivity index (χ2v) is 5.52. The molecule has 0 saturated carbocycles. The molecule has 0 aromatic heterocycles. The van der Waals surface area contributed by atoms with Crippen molar-refractivity contribution < 1.29 is 18.9 Å². The molecule has 1 fully saturated rings. The van der Waals surface area contributed by atoms with Crippen molar-refractivity contribution in [2.24, 2.45) is 0 Å². The smallest absolute Gasteiger partial charge is 0.162 e. The molecule has 1 aliphatic heterocycles. The van der Waals surface area contributed by atoms with Gasteiger partial charge < -0.3 is 18.9 Å². The van der Waals surface area contributed by atoms with E-state index in [1.54, 1.807) is 39.5 Å². The highest BCUT2D eigenvalue weighted by Gasteiger charge is 2.31. The molecule has 1 heterocycles. The molecule has 2 atom stereocenters. The molecule has 0 radical (unpaired) electrons. The molecular weight excluding hydrogens is 296 g/mol. The quantitative estimate of drug-likeness (QED) is 0.726. The molecular formula is C17H24N2O4. The van der Waals surface area contributed by atoms with Gasteiger partial charge in [-0.2, -0.15) is 5.26 Å². The molecule has 126 valence electrons. The van der Waals surface area contributed by atoms with Gasteiger partial charge in [0.1, 0.15) is 6.61 Å². The van der Waals surface area contributed by atoms with Crippen molar-refractivity contribution in [3.63, 3.8) is 0 Å². The van der Waals surface area contributed by atoms with Crippen LogP contribution in [0.1, 0.15) is 12.0 Å². The maximum Gasteiger partial charge on any atom is 0.162 e. The number of rotatable bonds is 8.